The van der Waals surface area contributed by atoms with Gasteiger partial charge in [-0.25, -0.2) is 4.79 Å². The molecule has 1 heterocycles. The van der Waals surface area contributed by atoms with E-state index in [1.807, 2.05) is 0 Å². The van der Waals surface area contributed by atoms with Crippen LogP contribution in [0.2, 0.25) is 5.02 Å². The third kappa shape index (κ3) is 3.13. The van der Waals surface area contributed by atoms with Crippen molar-refractivity contribution in [1.29, 1.82) is 0 Å². The van der Waals surface area contributed by atoms with Crippen molar-refractivity contribution < 1.29 is 23.9 Å². The zero-order chi connectivity index (χ0) is 14.7. The molecule has 1 aromatic carbocycles. The smallest absolute Gasteiger partial charge is 0.372 e. The van der Waals surface area contributed by atoms with E-state index in [0.717, 1.165) is 5.56 Å². The van der Waals surface area contributed by atoms with Crippen LogP contribution in [0.25, 0.3) is 11.3 Å². The number of halogens is 1. The number of carbonyl (C=O) groups is 3. The molecular weight excluding hydrogens is 284 g/mol. The number of Topliss-reactive ketones (excluding diaryl/α,β-unsaturated/α-hetero) is 2. The molecule has 0 aliphatic carbocycles. The van der Waals surface area contributed by atoms with E-state index in [4.69, 9.17) is 21.1 Å². The molecule has 0 aliphatic rings. The molecule has 2 aromatic rings. The first-order valence-electron chi connectivity index (χ1n) is 5.62. The fourth-order valence-corrected chi connectivity index (χ4v) is 1.69. The van der Waals surface area contributed by atoms with Crippen molar-refractivity contribution >= 4 is 29.1 Å². The lowest BCUT2D eigenvalue weighted by Gasteiger charge is -1.97. The Balaban J connectivity index is 2.16. The van der Waals surface area contributed by atoms with Crippen LogP contribution >= 0.6 is 11.6 Å². The van der Waals surface area contributed by atoms with E-state index in [1.54, 1.807) is 30.3 Å². The summed E-state index contributed by atoms with van der Waals surface area (Å²) in [6.45, 7) is 0. The van der Waals surface area contributed by atoms with Gasteiger partial charge in [0.2, 0.25) is 11.6 Å². The number of furan rings is 1. The number of hydrogen-bond acceptors (Lipinski definition) is 4. The summed E-state index contributed by atoms with van der Waals surface area (Å²) in [4.78, 5) is 33.0. The van der Waals surface area contributed by atoms with Crippen LogP contribution in [-0.4, -0.2) is 22.6 Å². The number of hydrogen-bond donors (Lipinski definition) is 1. The van der Waals surface area contributed by atoms with Crippen LogP contribution in [0.15, 0.2) is 40.8 Å². The first-order valence-corrected chi connectivity index (χ1v) is 6.00. The summed E-state index contributed by atoms with van der Waals surface area (Å²) in [5.41, 5.74) is 0.720. The highest BCUT2D eigenvalue weighted by atomic mass is 35.5. The molecule has 102 valence electrons. The van der Waals surface area contributed by atoms with Crippen molar-refractivity contribution in [3.63, 3.8) is 0 Å². The molecule has 0 saturated heterocycles. The zero-order valence-electron chi connectivity index (χ0n) is 10.1. The molecular formula is C14H9ClO5. The van der Waals surface area contributed by atoms with Crippen LogP contribution in [0.5, 0.6) is 0 Å². The van der Waals surface area contributed by atoms with Gasteiger partial charge in [-0.3, -0.25) is 9.59 Å². The van der Waals surface area contributed by atoms with Crippen LogP contribution < -0.4 is 0 Å². The van der Waals surface area contributed by atoms with Crippen molar-refractivity contribution in [1.82, 2.24) is 0 Å². The van der Waals surface area contributed by atoms with Gasteiger partial charge in [0.1, 0.15) is 5.76 Å². The Labute approximate surface area is 118 Å². The fraction of sp³-hybridized carbons (Fsp3) is 0.0714. The minimum atomic E-state index is -1.64. The minimum absolute atomic E-state index is 0.0513. The van der Waals surface area contributed by atoms with E-state index in [1.165, 1.54) is 6.07 Å². The maximum absolute atomic E-state index is 11.7. The molecule has 0 fully saturated rings. The predicted molar refractivity (Wildman–Crippen MR) is 70.7 cm³/mol. The Morgan fingerprint density at radius 2 is 1.70 bits per heavy atom. The third-order valence-corrected chi connectivity index (χ3v) is 2.82. The van der Waals surface area contributed by atoms with E-state index >= 15 is 0 Å². The maximum Gasteiger partial charge on any atom is 0.372 e. The summed E-state index contributed by atoms with van der Waals surface area (Å²) in [5, 5.41) is 9.01. The number of carboxylic acid groups (broad SMARTS) is 1. The molecule has 2 rings (SSSR count). The van der Waals surface area contributed by atoms with Crippen LogP contribution in [-0.2, 0) is 9.59 Å². The molecule has 0 unspecified atom stereocenters. The van der Waals surface area contributed by atoms with Crippen molar-refractivity contribution in [3.8, 4) is 11.3 Å². The highest BCUT2D eigenvalue weighted by Crippen LogP contribution is 2.24. The topological polar surface area (TPSA) is 84.6 Å². The summed E-state index contributed by atoms with van der Waals surface area (Å²) >= 11 is 5.76. The standard InChI is InChI=1S/C14H9ClO5/c15-9-3-1-8(2-4-9)12-5-6-13(20-12)10(16)7-11(17)14(18)19/h1-6H,7H2,(H,18,19). The largest absolute Gasteiger partial charge is 0.475 e. The highest BCUT2D eigenvalue weighted by Gasteiger charge is 2.20. The lowest BCUT2D eigenvalue weighted by atomic mass is 10.1. The van der Waals surface area contributed by atoms with Crippen LogP contribution in [0, 0.1) is 0 Å². The monoisotopic (exact) mass is 292 g/mol. The van der Waals surface area contributed by atoms with Gasteiger partial charge in [-0.15, -0.1) is 0 Å². The molecule has 1 N–H and O–H groups in total. The van der Waals surface area contributed by atoms with E-state index in [-0.39, 0.29) is 5.76 Å². The lowest BCUT2D eigenvalue weighted by molar-refractivity contribution is -0.148. The molecule has 0 radical (unpaired) electrons. The molecule has 0 saturated carbocycles. The van der Waals surface area contributed by atoms with Gasteiger partial charge >= 0.3 is 5.97 Å². The molecule has 6 heteroatoms. The summed E-state index contributed by atoms with van der Waals surface area (Å²) in [7, 11) is 0. The molecule has 0 amide bonds. The van der Waals surface area contributed by atoms with Crippen LogP contribution in [0.3, 0.4) is 0 Å². The Morgan fingerprint density at radius 3 is 2.30 bits per heavy atom. The molecule has 20 heavy (non-hydrogen) atoms. The molecule has 0 atom stereocenters. The lowest BCUT2D eigenvalue weighted by Crippen LogP contribution is -2.16. The van der Waals surface area contributed by atoms with Crippen molar-refractivity contribution in [2.45, 2.75) is 6.42 Å². The van der Waals surface area contributed by atoms with E-state index in [2.05, 4.69) is 0 Å². The second-order valence-corrected chi connectivity index (χ2v) is 4.44. The van der Waals surface area contributed by atoms with Crippen LogP contribution in [0.1, 0.15) is 17.0 Å². The average Bonchev–Trinajstić information content (AvgIpc) is 2.89. The van der Waals surface area contributed by atoms with Crippen molar-refractivity contribution in [2.24, 2.45) is 0 Å². The van der Waals surface area contributed by atoms with Gasteiger partial charge in [0.25, 0.3) is 0 Å². The number of ketones is 2. The SMILES string of the molecule is O=C(O)C(=O)CC(=O)c1ccc(-c2ccc(Cl)cc2)o1. The average molecular weight is 293 g/mol. The Morgan fingerprint density at radius 1 is 1.05 bits per heavy atom. The van der Waals surface area contributed by atoms with E-state index < -0.39 is 24.0 Å². The Bertz CT molecular complexity index is 669. The van der Waals surface area contributed by atoms with E-state index in [9.17, 15) is 14.4 Å². The second kappa shape index (κ2) is 5.71. The fourth-order valence-electron chi connectivity index (χ4n) is 1.57. The molecule has 1 aromatic heterocycles. The Kier molecular flexibility index (Phi) is 4.00. The number of rotatable bonds is 5. The summed E-state index contributed by atoms with van der Waals surface area (Å²) in [6.07, 6.45) is -0.719. The summed E-state index contributed by atoms with van der Waals surface area (Å²) in [6, 6.07) is 9.77. The van der Waals surface area contributed by atoms with Gasteiger partial charge in [0, 0.05) is 10.6 Å². The number of carbonyl (C=O) groups excluding carboxylic acids is 2. The van der Waals surface area contributed by atoms with Gasteiger partial charge in [-0.05, 0) is 36.4 Å². The predicted octanol–water partition coefficient (Wildman–Crippen LogP) is 2.83. The number of aliphatic carboxylic acids is 1. The quantitative estimate of drug-likeness (QED) is 0.520. The molecule has 0 bridgehead atoms. The van der Waals surface area contributed by atoms with E-state index in [0.29, 0.717) is 10.8 Å². The van der Waals surface area contributed by atoms with Crippen molar-refractivity contribution in [2.75, 3.05) is 0 Å². The highest BCUT2D eigenvalue weighted by molar-refractivity contribution is 6.37. The molecule has 5 nitrogen and oxygen atoms in total. The second-order valence-electron chi connectivity index (χ2n) is 4.00. The van der Waals surface area contributed by atoms with Crippen molar-refractivity contribution in [3.05, 3.63) is 47.2 Å². The normalized spacial score (nSPS) is 10.2. The Hall–Kier alpha value is -2.40. The number of carboxylic acids is 1. The molecule has 0 aliphatic heterocycles. The van der Waals surface area contributed by atoms with Gasteiger partial charge in [0.05, 0.1) is 6.42 Å². The first-order chi connectivity index (χ1) is 9.47. The first kappa shape index (κ1) is 14.0. The summed E-state index contributed by atoms with van der Waals surface area (Å²) < 4.78 is 5.31. The van der Waals surface area contributed by atoms with Gasteiger partial charge in [-0.2, -0.15) is 0 Å². The van der Waals surface area contributed by atoms with Crippen LogP contribution in [0.4, 0.5) is 0 Å². The summed E-state index contributed by atoms with van der Waals surface area (Å²) in [5.74, 6) is -3.09. The minimum Gasteiger partial charge on any atom is -0.475 e. The maximum atomic E-state index is 11.7. The number of benzene rings is 1. The zero-order valence-corrected chi connectivity index (χ0v) is 10.9. The molecule has 0 spiro atoms. The third-order valence-electron chi connectivity index (χ3n) is 2.57. The van der Waals surface area contributed by atoms with Gasteiger partial charge in [-0.1, -0.05) is 11.6 Å². The van der Waals surface area contributed by atoms with Gasteiger partial charge in [0.15, 0.2) is 5.76 Å². The van der Waals surface area contributed by atoms with Gasteiger partial charge < -0.3 is 9.52 Å².